The molecule has 1 heterocycles. The maximum Gasteiger partial charge on any atom is 0.315 e. The van der Waals surface area contributed by atoms with E-state index in [0.717, 1.165) is 30.1 Å². The third kappa shape index (κ3) is 5.33. The van der Waals surface area contributed by atoms with Gasteiger partial charge in [-0.2, -0.15) is 0 Å². The molecule has 0 aliphatic carbocycles. The number of ether oxygens (including phenoxy) is 1. The molecule has 0 spiro atoms. The summed E-state index contributed by atoms with van der Waals surface area (Å²) in [6.45, 7) is 5.79. The van der Waals surface area contributed by atoms with E-state index in [1.54, 1.807) is 7.11 Å². The summed E-state index contributed by atoms with van der Waals surface area (Å²) in [4.78, 5) is 12.1. The molecule has 2 atom stereocenters. The molecule has 1 aromatic heterocycles. The Balaban J connectivity index is 1.74. The van der Waals surface area contributed by atoms with Gasteiger partial charge >= 0.3 is 6.03 Å². The summed E-state index contributed by atoms with van der Waals surface area (Å²) >= 11 is 0. The van der Waals surface area contributed by atoms with Crippen LogP contribution in [0.25, 0.3) is 0 Å². The van der Waals surface area contributed by atoms with E-state index < -0.39 is 0 Å². The van der Waals surface area contributed by atoms with Crippen molar-refractivity contribution >= 4 is 6.03 Å². The minimum atomic E-state index is -0.182. The van der Waals surface area contributed by atoms with Gasteiger partial charge in [0.15, 0.2) is 0 Å². The Morgan fingerprint density at radius 3 is 2.42 bits per heavy atom. The molecule has 130 valence electrons. The Morgan fingerprint density at radius 1 is 1.12 bits per heavy atom. The molecule has 5 heteroatoms. The number of furan rings is 1. The quantitative estimate of drug-likeness (QED) is 0.807. The van der Waals surface area contributed by atoms with Gasteiger partial charge in [0.25, 0.3) is 0 Å². The number of hydrogen-bond acceptors (Lipinski definition) is 3. The first-order valence-electron chi connectivity index (χ1n) is 8.24. The van der Waals surface area contributed by atoms with Gasteiger partial charge in [-0.05, 0) is 63.4 Å². The first kappa shape index (κ1) is 17.9. The van der Waals surface area contributed by atoms with E-state index in [9.17, 15) is 4.79 Å². The van der Waals surface area contributed by atoms with Gasteiger partial charge in [0.1, 0.15) is 17.3 Å². The van der Waals surface area contributed by atoms with Crippen LogP contribution in [-0.4, -0.2) is 19.2 Å². The molecule has 2 unspecified atom stereocenters. The Labute approximate surface area is 143 Å². The molecule has 5 nitrogen and oxygen atoms in total. The monoisotopic (exact) mass is 330 g/mol. The minimum absolute atomic E-state index is 0.0811. The van der Waals surface area contributed by atoms with E-state index in [-0.39, 0.29) is 18.1 Å². The van der Waals surface area contributed by atoms with Crippen LogP contribution in [0, 0.1) is 6.92 Å². The van der Waals surface area contributed by atoms with Crippen molar-refractivity contribution in [2.45, 2.75) is 45.7 Å². The largest absolute Gasteiger partial charge is 0.497 e. The number of carbonyl (C=O) groups is 1. The third-order valence-corrected chi connectivity index (χ3v) is 3.94. The predicted octanol–water partition coefficient (Wildman–Crippen LogP) is 3.98. The van der Waals surface area contributed by atoms with E-state index in [1.165, 1.54) is 5.56 Å². The van der Waals surface area contributed by atoms with E-state index in [2.05, 4.69) is 10.6 Å². The van der Waals surface area contributed by atoms with Crippen LogP contribution in [0.3, 0.4) is 0 Å². The Kier molecular flexibility index (Phi) is 6.29. The standard InChI is InChI=1S/C19H26N2O3/c1-13(5-7-16-8-10-17(23-4)11-9-16)20-19(22)21-15(3)18-12-6-14(2)24-18/h6,8-13,15H,5,7H2,1-4H3,(H2,20,21,22). The second kappa shape index (κ2) is 8.43. The number of amides is 2. The van der Waals surface area contributed by atoms with Crippen LogP contribution < -0.4 is 15.4 Å². The van der Waals surface area contributed by atoms with Gasteiger partial charge in [-0.1, -0.05) is 12.1 Å². The third-order valence-electron chi connectivity index (χ3n) is 3.94. The lowest BCUT2D eigenvalue weighted by atomic mass is 10.1. The van der Waals surface area contributed by atoms with Crippen molar-refractivity contribution in [3.63, 3.8) is 0 Å². The molecule has 0 saturated heterocycles. The van der Waals surface area contributed by atoms with Crippen LogP contribution in [0.5, 0.6) is 5.75 Å². The van der Waals surface area contributed by atoms with Crippen LogP contribution in [0.1, 0.15) is 43.4 Å². The fourth-order valence-electron chi connectivity index (χ4n) is 2.47. The van der Waals surface area contributed by atoms with Gasteiger partial charge in [0.2, 0.25) is 0 Å². The summed E-state index contributed by atoms with van der Waals surface area (Å²) in [6.07, 6.45) is 1.77. The number of methoxy groups -OCH3 is 1. The zero-order valence-electron chi connectivity index (χ0n) is 14.8. The lowest BCUT2D eigenvalue weighted by molar-refractivity contribution is 0.232. The normalized spacial score (nSPS) is 13.2. The zero-order chi connectivity index (χ0) is 17.5. The molecule has 2 aromatic rings. The van der Waals surface area contributed by atoms with Crippen LogP contribution in [0.15, 0.2) is 40.8 Å². The van der Waals surface area contributed by atoms with Gasteiger partial charge in [0, 0.05) is 6.04 Å². The summed E-state index contributed by atoms with van der Waals surface area (Å²) in [5, 5.41) is 5.86. The number of nitrogens with one attached hydrogen (secondary N) is 2. The average Bonchev–Trinajstić information content (AvgIpc) is 3.00. The SMILES string of the molecule is COc1ccc(CCC(C)NC(=O)NC(C)c2ccc(C)o2)cc1. The highest BCUT2D eigenvalue weighted by Gasteiger charge is 2.14. The summed E-state index contributed by atoms with van der Waals surface area (Å²) in [6, 6.07) is 11.5. The molecular weight excluding hydrogens is 304 g/mol. The molecule has 0 fully saturated rings. The average molecular weight is 330 g/mol. The molecule has 2 N–H and O–H groups in total. The Hall–Kier alpha value is -2.43. The molecule has 0 bridgehead atoms. The number of rotatable bonds is 7. The van der Waals surface area contributed by atoms with E-state index >= 15 is 0 Å². The second-order valence-corrected chi connectivity index (χ2v) is 6.08. The van der Waals surface area contributed by atoms with Crippen molar-refractivity contribution in [3.8, 4) is 5.75 Å². The van der Waals surface area contributed by atoms with E-state index in [0.29, 0.717) is 0 Å². The lowest BCUT2D eigenvalue weighted by Crippen LogP contribution is -2.41. The first-order chi connectivity index (χ1) is 11.5. The van der Waals surface area contributed by atoms with Crippen LogP contribution in [0.4, 0.5) is 4.79 Å². The summed E-state index contributed by atoms with van der Waals surface area (Å²) in [5.41, 5.74) is 1.23. The number of benzene rings is 1. The molecular formula is C19H26N2O3. The topological polar surface area (TPSA) is 63.5 Å². The predicted molar refractivity (Wildman–Crippen MR) is 94.3 cm³/mol. The van der Waals surface area contributed by atoms with Gasteiger partial charge in [0.05, 0.1) is 13.2 Å². The lowest BCUT2D eigenvalue weighted by Gasteiger charge is -2.17. The number of urea groups is 1. The van der Waals surface area contributed by atoms with Crippen molar-refractivity contribution in [1.82, 2.24) is 10.6 Å². The van der Waals surface area contributed by atoms with Crippen LogP contribution in [0.2, 0.25) is 0 Å². The van der Waals surface area contributed by atoms with Gasteiger partial charge in [-0.25, -0.2) is 4.79 Å². The minimum Gasteiger partial charge on any atom is -0.497 e. The van der Waals surface area contributed by atoms with Gasteiger partial charge < -0.3 is 19.8 Å². The fourth-order valence-corrected chi connectivity index (χ4v) is 2.47. The Bertz CT molecular complexity index is 649. The van der Waals surface area contributed by atoms with Crippen molar-refractivity contribution < 1.29 is 13.9 Å². The van der Waals surface area contributed by atoms with Gasteiger partial charge in [-0.3, -0.25) is 0 Å². The summed E-state index contributed by atoms with van der Waals surface area (Å²) < 4.78 is 10.7. The van der Waals surface area contributed by atoms with Crippen molar-refractivity contribution in [3.05, 3.63) is 53.5 Å². The Morgan fingerprint density at radius 2 is 1.83 bits per heavy atom. The first-order valence-corrected chi connectivity index (χ1v) is 8.24. The van der Waals surface area contributed by atoms with Crippen molar-refractivity contribution in [2.24, 2.45) is 0 Å². The van der Waals surface area contributed by atoms with E-state index in [4.69, 9.17) is 9.15 Å². The number of aryl methyl sites for hydroxylation is 2. The van der Waals surface area contributed by atoms with Crippen molar-refractivity contribution in [1.29, 1.82) is 0 Å². The zero-order valence-corrected chi connectivity index (χ0v) is 14.8. The van der Waals surface area contributed by atoms with E-state index in [1.807, 2.05) is 57.2 Å². The maximum atomic E-state index is 12.1. The summed E-state index contributed by atoms with van der Waals surface area (Å²) in [7, 11) is 1.66. The van der Waals surface area contributed by atoms with Crippen LogP contribution in [-0.2, 0) is 6.42 Å². The second-order valence-electron chi connectivity index (χ2n) is 6.08. The molecule has 0 aliphatic heterocycles. The maximum absolute atomic E-state index is 12.1. The smallest absolute Gasteiger partial charge is 0.315 e. The molecule has 1 aromatic carbocycles. The molecule has 0 radical (unpaired) electrons. The highest BCUT2D eigenvalue weighted by atomic mass is 16.5. The molecule has 0 saturated carbocycles. The molecule has 2 amide bonds. The molecule has 24 heavy (non-hydrogen) atoms. The highest BCUT2D eigenvalue weighted by molar-refractivity contribution is 5.74. The highest BCUT2D eigenvalue weighted by Crippen LogP contribution is 2.15. The van der Waals surface area contributed by atoms with Gasteiger partial charge in [-0.15, -0.1) is 0 Å². The molecule has 0 aliphatic rings. The number of hydrogen-bond donors (Lipinski definition) is 2. The van der Waals surface area contributed by atoms with Crippen LogP contribution >= 0.6 is 0 Å². The molecule has 2 rings (SSSR count). The summed E-state index contributed by atoms with van der Waals surface area (Å²) in [5.74, 6) is 2.45. The van der Waals surface area contributed by atoms with Crippen molar-refractivity contribution in [2.75, 3.05) is 7.11 Å². The fraction of sp³-hybridized carbons (Fsp3) is 0.421. The number of carbonyl (C=O) groups excluding carboxylic acids is 1.